The maximum Gasteiger partial charge on any atom is 0.296 e. The fourth-order valence-corrected chi connectivity index (χ4v) is 2.35. The van der Waals surface area contributed by atoms with Crippen LogP contribution in [0.2, 0.25) is 0 Å². The summed E-state index contributed by atoms with van der Waals surface area (Å²) in [7, 11) is 0. The molecule has 0 atom stereocenters. The van der Waals surface area contributed by atoms with Crippen LogP contribution in [0.4, 0.5) is 0 Å². The second kappa shape index (κ2) is 5.25. The summed E-state index contributed by atoms with van der Waals surface area (Å²) in [4.78, 5) is 26.6. The van der Waals surface area contributed by atoms with Gasteiger partial charge in [0, 0.05) is 11.8 Å². The number of aromatic hydroxyl groups is 1. The Morgan fingerprint density at radius 1 is 0.905 bits per heavy atom. The van der Waals surface area contributed by atoms with E-state index in [4.69, 9.17) is 0 Å². The van der Waals surface area contributed by atoms with Crippen molar-refractivity contribution in [3.8, 4) is 5.75 Å². The molecule has 21 heavy (non-hydrogen) atoms. The molecule has 0 saturated heterocycles. The van der Waals surface area contributed by atoms with Gasteiger partial charge in [-0.05, 0) is 17.7 Å². The van der Waals surface area contributed by atoms with Gasteiger partial charge in [-0.1, -0.05) is 42.5 Å². The first-order chi connectivity index (χ1) is 10.2. The number of rotatable bonds is 2. The van der Waals surface area contributed by atoms with E-state index < -0.39 is 11.0 Å². The van der Waals surface area contributed by atoms with Crippen molar-refractivity contribution in [2.24, 2.45) is 0 Å². The molecule has 0 amide bonds. The number of benzene rings is 2. The van der Waals surface area contributed by atoms with E-state index >= 15 is 0 Å². The van der Waals surface area contributed by atoms with E-state index in [1.807, 2.05) is 30.3 Å². The van der Waals surface area contributed by atoms with Crippen LogP contribution in [0, 0.1) is 0 Å². The van der Waals surface area contributed by atoms with Crippen molar-refractivity contribution in [2.45, 2.75) is 6.42 Å². The lowest BCUT2D eigenvalue weighted by Gasteiger charge is -2.02. The first-order valence-electron chi connectivity index (χ1n) is 6.58. The van der Waals surface area contributed by atoms with Crippen LogP contribution in [0.3, 0.4) is 0 Å². The van der Waals surface area contributed by atoms with Crippen LogP contribution in [0.25, 0.3) is 10.9 Å². The molecule has 0 radical (unpaired) electrons. The van der Waals surface area contributed by atoms with Crippen molar-refractivity contribution in [2.75, 3.05) is 0 Å². The maximum absolute atomic E-state index is 12.2. The number of fused-ring (bicyclic) bond motifs is 1. The topological polar surface area (TPSA) is 70.2 Å². The van der Waals surface area contributed by atoms with E-state index in [9.17, 15) is 14.7 Å². The minimum Gasteiger partial charge on any atom is -0.507 e. The Balaban J connectivity index is 2.32. The van der Waals surface area contributed by atoms with Gasteiger partial charge in [0.2, 0.25) is 0 Å². The number of hydrogen-bond acceptors (Lipinski definition) is 3. The fourth-order valence-electron chi connectivity index (χ4n) is 2.35. The summed E-state index contributed by atoms with van der Waals surface area (Å²) in [6, 6.07) is 16.1. The average Bonchev–Trinajstić information content (AvgIpc) is 2.60. The van der Waals surface area contributed by atoms with E-state index in [1.165, 1.54) is 0 Å². The van der Waals surface area contributed by atoms with Crippen molar-refractivity contribution >= 4 is 10.9 Å². The maximum atomic E-state index is 12.2. The normalized spacial score (nSPS) is 10.7. The Kier molecular flexibility index (Phi) is 3.28. The van der Waals surface area contributed by atoms with Crippen LogP contribution in [-0.2, 0) is 6.42 Å². The summed E-state index contributed by atoms with van der Waals surface area (Å²) in [6.07, 6.45) is 0.216. The number of aromatic nitrogens is 1. The van der Waals surface area contributed by atoms with Crippen LogP contribution in [0.15, 0.2) is 64.2 Å². The lowest BCUT2D eigenvalue weighted by molar-refractivity contribution is 0.475. The molecule has 0 aliphatic rings. The predicted molar refractivity (Wildman–Crippen MR) is 81.8 cm³/mol. The van der Waals surface area contributed by atoms with Crippen molar-refractivity contribution in [3.05, 3.63) is 86.3 Å². The van der Waals surface area contributed by atoms with Gasteiger partial charge in [0.05, 0.1) is 11.1 Å². The SMILES string of the molecule is O=c1[nH]c2ccccc2c(O)c(Cc2ccccc2)c1=O. The number of aromatic amines is 1. The summed E-state index contributed by atoms with van der Waals surface area (Å²) in [5, 5.41) is 10.9. The Morgan fingerprint density at radius 3 is 2.33 bits per heavy atom. The first kappa shape index (κ1) is 13.1. The van der Waals surface area contributed by atoms with Crippen LogP contribution < -0.4 is 11.0 Å². The van der Waals surface area contributed by atoms with Gasteiger partial charge in [-0.2, -0.15) is 0 Å². The van der Waals surface area contributed by atoms with Gasteiger partial charge in [0.25, 0.3) is 11.0 Å². The van der Waals surface area contributed by atoms with Gasteiger partial charge < -0.3 is 10.1 Å². The van der Waals surface area contributed by atoms with Crippen LogP contribution in [0.5, 0.6) is 5.75 Å². The molecule has 0 aliphatic heterocycles. The van der Waals surface area contributed by atoms with Crippen LogP contribution >= 0.6 is 0 Å². The average molecular weight is 279 g/mol. The van der Waals surface area contributed by atoms with Crippen LogP contribution in [-0.4, -0.2) is 10.1 Å². The third-order valence-electron chi connectivity index (χ3n) is 3.42. The van der Waals surface area contributed by atoms with E-state index in [0.29, 0.717) is 10.9 Å². The van der Waals surface area contributed by atoms with Crippen LogP contribution in [0.1, 0.15) is 11.1 Å². The lowest BCUT2D eigenvalue weighted by atomic mass is 10.0. The molecule has 4 heteroatoms. The predicted octanol–water partition coefficient (Wildman–Crippen LogP) is 2.18. The lowest BCUT2D eigenvalue weighted by Crippen LogP contribution is -2.26. The summed E-state index contributed by atoms with van der Waals surface area (Å²) in [5.74, 6) is -0.141. The quantitative estimate of drug-likeness (QED) is 0.706. The largest absolute Gasteiger partial charge is 0.507 e. The molecule has 0 spiro atoms. The minimum absolute atomic E-state index is 0.114. The highest BCUT2D eigenvalue weighted by molar-refractivity contribution is 5.85. The molecule has 1 heterocycles. The van der Waals surface area contributed by atoms with E-state index in [1.54, 1.807) is 24.3 Å². The molecule has 3 aromatic rings. The molecule has 1 aromatic heterocycles. The molecular formula is C17H13NO3. The molecule has 0 saturated carbocycles. The summed E-state index contributed by atoms with van der Waals surface area (Å²) in [5.41, 5.74) is -0.00960. The molecule has 0 unspecified atom stereocenters. The van der Waals surface area contributed by atoms with Crippen molar-refractivity contribution in [1.82, 2.24) is 4.98 Å². The molecule has 0 bridgehead atoms. The Labute approximate surface area is 120 Å². The zero-order chi connectivity index (χ0) is 14.8. The third-order valence-corrected chi connectivity index (χ3v) is 3.42. The highest BCUT2D eigenvalue weighted by Gasteiger charge is 2.12. The molecule has 0 fully saturated rings. The van der Waals surface area contributed by atoms with E-state index in [-0.39, 0.29) is 17.7 Å². The van der Waals surface area contributed by atoms with Gasteiger partial charge in [-0.15, -0.1) is 0 Å². The minimum atomic E-state index is -0.725. The van der Waals surface area contributed by atoms with Crippen molar-refractivity contribution < 1.29 is 5.11 Å². The molecule has 104 valence electrons. The Hall–Kier alpha value is -2.88. The summed E-state index contributed by atoms with van der Waals surface area (Å²) < 4.78 is 0. The van der Waals surface area contributed by atoms with Gasteiger partial charge in [-0.3, -0.25) is 9.59 Å². The molecule has 0 aliphatic carbocycles. The second-order valence-corrected chi connectivity index (χ2v) is 4.82. The fraction of sp³-hybridized carbons (Fsp3) is 0.0588. The molecule has 2 N–H and O–H groups in total. The summed E-state index contributed by atoms with van der Waals surface area (Å²) in [6.45, 7) is 0. The van der Waals surface area contributed by atoms with Crippen molar-refractivity contribution in [3.63, 3.8) is 0 Å². The van der Waals surface area contributed by atoms with Gasteiger partial charge in [0.1, 0.15) is 5.75 Å². The second-order valence-electron chi connectivity index (χ2n) is 4.82. The molecule has 3 rings (SSSR count). The zero-order valence-corrected chi connectivity index (χ0v) is 11.2. The zero-order valence-electron chi connectivity index (χ0n) is 11.2. The van der Waals surface area contributed by atoms with Gasteiger partial charge in [0.15, 0.2) is 0 Å². The molecule has 4 nitrogen and oxygen atoms in total. The standard InChI is InChI=1S/C17H13NO3/c19-15-12-8-4-5-9-14(12)18-17(21)16(20)13(15)10-11-6-2-1-3-7-11/h1-9,19H,10H2,(H,18,20,21). The Bertz CT molecular complexity index is 914. The highest BCUT2D eigenvalue weighted by Crippen LogP contribution is 2.24. The highest BCUT2D eigenvalue weighted by atomic mass is 16.3. The number of H-pyrrole nitrogens is 1. The van der Waals surface area contributed by atoms with Gasteiger partial charge in [-0.25, -0.2) is 0 Å². The first-order valence-corrected chi connectivity index (χ1v) is 6.58. The number of hydrogen-bond donors (Lipinski definition) is 2. The summed E-state index contributed by atoms with van der Waals surface area (Å²) >= 11 is 0. The Morgan fingerprint density at radius 2 is 1.57 bits per heavy atom. The molecular weight excluding hydrogens is 266 g/mol. The monoisotopic (exact) mass is 279 g/mol. The van der Waals surface area contributed by atoms with Gasteiger partial charge >= 0.3 is 0 Å². The molecule has 2 aromatic carbocycles. The number of para-hydroxylation sites is 1. The third kappa shape index (κ3) is 2.43. The number of nitrogens with one attached hydrogen (secondary N) is 1. The van der Waals surface area contributed by atoms with E-state index in [0.717, 1.165) is 5.56 Å². The van der Waals surface area contributed by atoms with E-state index in [2.05, 4.69) is 4.98 Å². The van der Waals surface area contributed by atoms with Crippen molar-refractivity contribution in [1.29, 1.82) is 0 Å². The smallest absolute Gasteiger partial charge is 0.296 e.